The smallest absolute Gasteiger partial charge is 0.304 e. The van der Waals surface area contributed by atoms with E-state index in [9.17, 15) is 4.79 Å². The van der Waals surface area contributed by atoms with Crippen LogP contribution in [0, 0.1) is 5.92 Å². The van der Waals surface area contributed by atoms with Crippen molar-refractivity contribution in [2.75, 3.05) is 13.1 Å². The molecule has 1 aliphatic heterocycles. The minimum atomic E-state index is -0.692. The lowest BCUT2D eigenvalue weighted by Gasteiger charge is -2.54. The van der Waals surface area contributed by atoms with Gasteiger partial charge in [-0.25, -0.2) is 0 Å². The summed E-state index contributed by atoms with van der Waals surface area (Å²) in [6.45, 7) is 6.43. The van der Waals surface area contributed by atoms with Gasteiger partial charge in [0.1, 0.15) is 0 Å². The Morgan fingerprint density at radius 1 is 1.43 bits per heavy atom. The molecule has 0 aromatic heterocycles. The zero-order valence-electron chi connectivity index (χ0n) is 12.7. The van der Waals surface area contributed by atoms with Crippen LogP contribution in [0.3, 0.4) is 0 Å². The SMILES string of the molecule is C[C@@H]1[C@H]2Cc3ccccc3[C@]1(C)CCN2CCC(=O)O.Cl. The fourth-order valence-electron chi connectivity index (χ4n) is 4.19. The number of halogens is 1. The van der Waals surface area contributed by atoms with Gasteiger partial charge in [0.25, 0.3) is 0 Å². The standard InChI is InChI=1S/C17H23NO2.ClH/c1-12-15-11-13-5-3-4-6-14(13)17(12,2)8-10-18(15)9-7-16(19)20;/h3-6,12,15H,7-11H2,1-2H3,(H,19,20);1H/t12-,15-,17-;/m1./s1. The van der Waals surface area contributed by atoms with Crippen LogP contribution in [-0.2, 0) is 16.6 Å². The van der Waals surface area contributed by atoms with Gasteiger partial charge in [-0.3, -0.25) is 9.69 Å². The lowest BCUT2D eigenvalue weighted by Crippen LogP contribution is -2.58. The van der Waals surface area contributed by atoms with Crippen molar-refractivity contribution >= 4 is 18.4 Å². The predicted octanol–water partition coefficient (Wildman–Crippen LogP) is 3.11. The fraction of sp³-hybridized carbons (Fsp3) is 0.588. The van der Waals surface area contributed by atoms with E-state index in [4.69, 9.17) is 5.11 Å². The number of carboxylic acid groups (broad SMARTS) is 1. The molecule has 0 saturated carbocycles. The van der Waals surface area contributed by atoms with Gasteiger partial charge in [-0.05, 0) is 41.8 Å². The number of fused-ring (bicyclic) bond motifs is 4. The molecule has 2 aliphatic rings. The van der Waals surface area contributed by atoms with Crippen LogP contribution in [-0.4, -0.2) is 35.1 Å². The van der Waals surface area contributed by atoms with Gasteiger partial charge < -0.3 is 5.11 Å². The van der Waals surface area contributed by atoms with Crippen molar-refractivity contribution in [3.63, 3.8) is 0 Å². The summed E-state index contributed by atoms with van der Waals surface area (Å²) in [5.41, 5.74) is 3.22. The summed E-state index contributed by atoms with van der Waals surface area (Å²) < 4.78 is 0. The molecule has 21 heavy (non-hydrogen) atoms. The van der Waals surface area contributed by atoms with Gasteiger partial charge in [0.05, 0.1) is 6.42 Å². The topological polar surface area (TPSA) is 40.5 Å². The highest BCUT2D eigenvalue weighted by Crippen LogP contribution is 2.48. The Balaban J connectivity index is 0.00000161. The third-order valence-corrected chi connectivity index (χ3v) is 5.64. The maximum Gasteiger partial charge on any atom is 0.304 e. The summed E-state index contributed by atoms with van der Waals surface area (Å²) >= 11 is 0. The number of likely N-dealkylation sites (tertiary alicyclic amines) is 1. The van der Waals surface area contributed by atoms with E-state index in [0.29, 0.717) is 18.5 Å². The summed E-state index contributed by atoms with van der Waals surface area (Å²) in [6.07, 6.45) is 2.44. The molecule has 3 nitrogen and oxygen atoms in total. The van der Waals surface area contributed by atoms with E-state index < -0.39 is 5.97 Å². The highest BCUT2D eigenvalue weighted by molar-refractivity contribution is 5.85. The molecule has 1 aromatic rings. The van der Waals surface area contributed by atoms with Crippen molar-refractivity contribution in [2.24, 2.45) is 5.92 Å². The van der Waals surface area contributed by atoms with E-state index in [0.717, 1.165) is 19.4 Å². The zero-order chi connectivity index (χ0) is 14.3. The molecule has 1 aromatic carbocycles. The monoisotopic (exact) mass is 309 g/mol. The maximum absolute atomic E-state index is 10.8. The van der Waals surface area contributed by atoms with Crippen LogP contribution in [0.4, 0.5) is 0 Å². The van der Waals surface area contributed by atoms with Crippen LogP contribution in [0.5, 0.6) is 0 Å². The molecular formula is C17H24ClNO2. The Hall–Kier alpha value is -1.06. The minimum Gasteiger partial charge on any atom is -0.481 e. The highest BCUT2D eigenvalue weighted by atomic mass is 35.5. The summed E-state index contributed by atoms with van der Waals surface area (Å²) in [4.78, 5) is 13.2. The largest absolute Gasteiger partial charge is 0.481 e. The van der Waals surface area contributed by atoms with Gasteiger partial charge in [0, 0.05) is 12.6 Å². The molecule has 4 heteroatoms. The van der Waals surface area contributed by atoms with E-state index in [1.54, 1.807) is 0 Å². The molecule has 3 rings (SSSR count). The van der Waals surface area contributed by atoms with E-state index in [2.05, 4.69) is 43.0 Å². The fourth-order valence-corrected chi connectivity index (χ4v) is 4.19. The third kappa shape index (κ3) is 2.69. The Morgan fingerprint density at radius 2 is 2.14 bits per heavy atom. The van der Waals surface area contributed by atoms with Crippen molar-refractivity contribution in [3.8, 4) is 0 Å². The van der Waals surface area contributed by atoms with Gasteiger partial charge in [0.2, 0.25) is 0 Å². The predicted molar refractivity (Wildman–Crippen MR) is 86.1 cm³/mol. The van der Waals surface area contributed by atoms with Gasteiger partial charge in [-0.1, -0.05) is 38.1 Å². The zero-order valence-corrected chi connectivity index (χ0v) is 13.5. The number of hydrogen-bond donors (Lipinski definition) is 1. The molecule has 1 N–H and O–H groups in total. The number of aliphatic carboxylic acids is 1. The molecule has 0 amide bonds. The Morgan fingerprint density at radius 3 is 2.86 bits per heavy atom. The van der Waals surface area contributed by atoms with Crippen molar-refractivity contribution in [1.29, 1.82) is 0 Å². The average Bonchev–Trinajstić information content (AvgIpc) is 2.42. The number of carboxylic acids is 1. The Kier molecular flexibility index (Phi) is 4.64. The molecule has 1 aliphatic carbocycles. The molecule has 0 unspecified atom stereocenters. The van der Waals surface area contributed by atoms with E-state index in [1.807, 2.05) is 0 Å². The number of nitrogens with zero attached hydrogens (tertiary/aromatic N) is 1. The van der Waals surface area contributed by atoms with E-state index in [1.165, 1.54) is 11.1 Å². The van der Waals surface area contributed by atoms with Crippen LogP contribution in [0.2, 0.25) is 0 Å². The summed E-state index contributed by atoms with van der Waals surface area (Å²) in [5, 5.41) is 8.92. The molecule has 116 valence electrons. The summed E-state index contributed by atoms with van der Waals surface area (Å²) in [5.74, 6) is -0.109. The molecule has 1 heterocycles. The first-order chi connectivity index (χ1) is 9.52. The first kappa shape index (κ1) is 16.3. The second kappa shape index (κ2) is 5.98. The maximum atomic E-state index is 10.8. The van der Waals surface area contributed by atoms with Gasteiger partial charge in [-0.15, -0.1) is 12.4 Å². The van der Waals surface area contributed by atoms with E-state index in [-0.39, 0.29) is 24.2 Å². The molecule has 0 radical (unpaired) electrons. The van der Waals surface area contributed by atoms with Crippen LogP contribution in [0.15, 0.2) is 24.3 Å². The van der Waals surface area contributed by atoms with Crippen LogP contribution in [0.25, 0.3) is 0 Å². The number of hydrogen-bond acceptors (Lipinski definition) is 2. The molecule has 2 bridgehead atoms. The van der Waals surface area contributed by atoms with Crippen molar-refractivity contribution < 1.29 is 9.90 Å². The molecule has 0 spiro atoms. The summed E-state index contributed by atoms with van der Waals surface area (Å²) in [6, 6.07) is 9.29. The van der Waals surface area contributed by atoms with E-state index >= 15 is 0 Å². The second-order valence-corrected chi connectivity index (χ2v) is 6.56. The second-order valence-electron chi connectivity index (χ2n) is 6.56. The van der Waals surface area contributed by atoms with Crippen LogP contribution >= 0.6 is 12.4 Å². The summed E-state index contributed by atoms with van der Waals surface area (Å²) in [7, 11) is 0. The lowest BCUT2D eigenvalue weighted by atomic mass is 9.59. The normalized spacial score (nSPS) is 31.1. The number of piperidine rings is 1. The lowest BCUT2D eigenvalue weighted by molar-refractivity contribution is -0.137. The molecule has 1 saturated heterocycles. The quantitative estimate of drug-likeness (QED) is 0.932. The molecule has 3 atom stereocenters. The van der Waals surface area contributed by atoms with Crippen molar-refractivity contribution in [3.05, 3.63) is 35.4 Å². The number of benzene rings is 1. The van der Waals surface area contributed by atoms with Crippen molar-refractivity contribution in [1.82, 2.24) is 4.90 Å². The minimum absolute atomic E-state index is 0. The van der Waals surface area contributed by atoms with Crippen LogP contribution in [0.1, 0.15) is 37.8 Å². The molecule has 1 fully saturated rings. The van der Waals surface area contributed by atoms with Crippen LogP contribution < -0.4 is 0 Å². The van der Waals surface area contributed by atoms with Gasteiger partial charge in [0.15, 0.2) is 0 Å². The van der Waals surface area contributed by atoms with Gasteiger partial charge in [-0.2, -0.15) is 0 Å². The van der Waals surface area contributed by atoms with Gasteiger partial charge >= 0.3 is 5.97 Å². The average molecular weight is 310 g/mol. The third-order valence-electron chi connectivity index (χ3n) is 5.64. The first-order valence-corrected chi connectivity index (χ1v) is 7.56. The Labute approximate surface area is 132 Å². The molecular weight excluding hydrogens is 286 g/mol. The highest BCUT2D eigenvalue weighted by Gasteiger charge is 2.47. The Bertz CT molecular complexity index is 533. The number of rotatable bonds is 3. The first-order valence-electron chi connectivity index (χ1n) is 7.56. The van der Waals surface area contributed by atoms with Crippen molar-refractivity contribution in [2.45, 2.75) is 44.6 Å². The number of carbonyl (C=O) groups is 1.